The fraction of sp³-hybridized carbons (Fsp3) is 0.286. The van der Waals surface area contributed by atoms with Crippen LogP contribution in [0.1, 0.15) is 42.4 Å². The van der Waals surface area contributed by atoms with E-state index in [0.717, 1.165) is 0 Å². The third-order valence-electron chi connectivity index (χ3n) is 6.07. The zero-order chi connectivity index (χ0) is 31.2. The summed E-state index contributed by atoms with van der Waals surface area (Å²) in [6, 6.07) is 9.12. The molecular weight excluding hydrogens is 634 g/mol. The molecule has 0 saturated carbocycles. The first-order valence-corrected chi connectivity index (χ1v) is 13.7. The van der Waals surface area contributed by atoms with Crippen LogP contribution >= 0.6 is 46.4 Å². The minimum Gasteiger partial charge on any atom is -0.493 e. The van der Waals surface area contributed by atoms with E-state index in [1.807, 2.05) is 0 Å². The quantitative estimate of drug-likeness (QED) is 0.200. The van der Waals surface area contributed by atoms with Crippen molar-refractivity contribution < 1.29 is 38.4 Å². The summed E-state index contributed by atoms with van der Waals surface area (Å²) in [5, 5.41) is 15.3. The van der Waals surface area contributed by atoms with Gasteiger partial charge in [0.05, 0.1) is 27.2 Å². The SMILES string of the molecule is COc1ccnc(C(=O)N[C@@H](C)C(=O)O[C@@H](C)C(O)(c2ccc(Cl)c(Cl)c2)c2ccc(Cl)c(Cl)c2)c1OCOC(C)=O. The van der Waals surface area contributed by atoms with Gasteiger partial charge in [-0.25, -0.2) is 9.78 Å². The van der Waals surface area contributed by atoms with Crippen molar-refractivity contribution in [2.75, 3.05) is 13.9 Å². The molecule has 1 amide bonds. The highest BCUT2D eigenvalue weighted by atomic mass is 35.5. The summed E-state index contributed by atoms with van der Waals surface area (Å²) < 4.78 is 21.0. The monoisotopic (exact) mass is 658 g/mol. The molecule has 0 bridgehead atoms. The highest BCUT2D eigenvalue weighted by Gasteiger charge is 2.42. The number of aliphatic hydroxyl groups is 1. The van der Waals surface area contributed by atoms with E-state index in [9.17, 15) is 19.5 Å². The lowest BCUT2D eigenvalue weighted by molar-refractivity contribution is -0.162. The second kappa shape index (κ2) is 14.3. The molecule has 0 unspecified atom stereocenters. The van der Waals surface area contributed by atoms with Crippen LogP contribution in [-0.2, 0) is 24.7 Å². The van der Waals surface area contributed by atoms with Crippen molar-refractivity contribution >= 4 is 64.2 Å². The Kier molecular flexibility index (Phi) is 11.3. The van der Waals surface area contributed by atoms with E-state index in [1.54, 1.807) is 0 Å². The standard InChI is InChI=1S/C28H26Cl4N2O8/c1-14(34-26(36)24-25(41-13-40-16(3)35)23(39-4)9-10-33-24)27(37)42-15(2)28(38,17-5-7-19(29)21(31)11-17)18-6-8-20(30)22(32)12-18/h5-12,14-15,38H,13H2,1-4H3,(H,34,36)/t14-,15-/m0/s1. The minimum atomic E-state index is -1.96. The average Bonchev–Trinajstić information content (AvgIpc) is 2.95. The predicted molar refractivity (Wildman–Crippen MR) is 156 cm³/mol. The third-order valence-corrected chi connectivity index (χ3v) is 7.55. The molecule has 10 nitrogen and oxygen atoms in total. The molecule has 0 saturated heterocycles. The molecule has 2 atom stereocenters. The summed E-state index contributed by atoms with van der Waals surface area (Å²) in [6.45, 7) is 3.52. The molecule has 0 aliphatic rings. The van der Waals surface area contributed by atoms with E-state index in [1.165, 1.54) is 76.5 Å². The number of aromatic nitrogens is 1. The molecule has 0 aliphatic carbocycles. The zero-order valence-electron chi connectivity index (χ0n) is 22.7. The second-order valence-electron chi connectivity index (χ2n) is 8.89. The maximum Gasteiger partial charge on any atom is 0.328 e. The topological polar surface area (TPSA) is 133 Å². The molecule has 3 rings (SSSR count). The van der Waals surface area contributed by atoms with E-state index >= 15 is 0 Å². The number of hydrogen-bond acceptors (Lipinski definition) is 9. The van der Waals surface area contributed by atoms with E-state index in [4.69, 9.17) is 65.4 Å². The maximum absolute atomic E-state index is 13.2. The number of halogens is 4. The molecular formula is C28H26Cl4N2O8. The van der Waals surface area contributed by atoms with Gasteiger partial charge in [-0.3, -0.25) is 9.59 Å². The lowest BCUT2D eigenvalue weighted by atomic mass is 9.82. The fourth-order valence-electron chi connectivity index (χ4n) is 3.85. The van der Waals surface area contributed by atoms with Gasteiger partial charge in [0, 0.05) is 19.2 Å². The molecule has 0 fully saturated rings. The molecule has 0 spiro atoms. The fourth-order valence-corrected chi connectivity index (χ4v) is 4.45. The highest BCUT2D eigenvalue weighted by molar-refractivity contribution is 6.42. The number of benzene rings is 2. The van der Waals surface area contributed by atoms with E-state index in [0.29, 0.717) is 0 Å². The number of rotatable bonds is 11. The Balaban J connectivity index is 1.86. The van der Waals surface area contributed by atoms with Crippen LogP contribution in [0.5, 0.6) is 11.5 Å². The number of nitrogens with zero attached hydrogens (tertiary/aromatic N) is 1. The first kappa shape index (κ1) is 33.2. The predicted octanol–water partition coefficient (Wildman–Crippen LogP) is 5.59. The summed E-state index contributed by atoms with van der Waals surface area (Å²) in [7, 11) is 1.35. The lowest BCUT2D eigenvalue weighted by Crippen LogP contribution is -2.46. The van der Waals surface area contributed by atoms with Gasteiger partial charge in [0.2, 0.25) is 6.79 Å². The Morgan fingerprint density at radius 2 is 1.52 bits per heavy atom. The molecule has 42 heavy (non-hydrogen) atoms. The Morgan fingerprint density at radius 3 is 2.02 bits per heavy atom. The molecule has 2 N–H and O–H groups in total. The Hall–Kier alpha value is -3.28. The normalized spacial score (nSPS) is 12.6. The number of carbonyl (C=O) groups is 3. The number of amides is 1. The second-order valence-corrected chi connectivity index (χ2v) is 10.5. The number of methoxy groups -OCH3 is 1. The highest BCUT2D eigenvalue weighted by Crippen LogP contribution is 2.39. The Morgan fingerprint density at radius 1 is 0.952 bits per heavy atom. The van der Waals surface area contributed by atoms with Crippen molar-refractivity contribution in [3.63, 3.8) is 0 Å². The zero-order valence-corrected chi connectivity index (χ0v) is 25.8. The van der Waals surface area contributed by atoms with Gasteiger partial charge < -0.3 is 29.4 Å². The number of hydrogen-bond donors (Lipinski definition) is 2. The Bertz CT molecular complexity index is 1430. The average molecular weight is 660 g/mol. The van der Waals surface area contributed by atoms with Crippen LogP contribution in [0.2, 0.25) is 20.1 Å². The van der Waals surface area contributed by atoms with E-state index in [-0.39, 0.29) is 48.4 Å². The van der Waals surface area contributed by atoms with Gasteiger partial charge >= 0.3 is 11.9 Å². The van der Waals surface area contributed by atoms with Crippen molar-refractivity contribution in [3.8, 4) is 11.5 Å². The number of ether oxygens (including phenoxy) is 4. The number of pyridine rings is 1. The van der Waals surface area contributed by atoms with Gasteiger partial charge in [-0.1, -0.05) is 58.5 Å². The van der Waals surface area contributed by atoms with Crippen LogP contribution in [0.15, 0.2) is 48.7 Å². The number of esters is 2. The largest absolute Gasteiger partial charge is 0.493 e. The van der Waals surface area contributed by atoms with Crippen LogP contribution in [0.4, 0.5) is 0 Å². The van der Waals surface area contributed by atoms with Crippen molar-refractivity contribution in [2.24, 2.45) is 0 Å². The van der Waals surface area contributed by atoms with Gasteiger partial charge in [0.15, 0.2) is 22.8 Å². The van der Waals surface area contributed by atoms with Gasteiger partial charge in [-0.05, 0) is 49.2 Å². The number of carbonyl (C=O) groups excluding carboxylic acids is 3. The summed E-state index contributed by atoms with van der Waals surface area (Å²) in [5.74, 6) is -2.27. The van der Waals surface area contributed by atoms with Crippen molar-refractivity contribution in [3.05, 3.63) is 85.6 Å². The maximum atomic E-state index is 13.2. The van der Waals surface area contributed by atoms with E-state index < -0.39 is 42.4 Å². The smallest absolute Gasteiger partial charge is 0.328 e. The molecule has 0 radical (unpaired) electrons. The van der Waals surface area contributed by atoms with Crippen molar-refractivity contribution in [1.82, 2.24) is 10.3 Å². The summed E-state index contributed by atoms with van der Waals surface area (Å²) in [4.78, 5) is 41.4. The molecule has 224 valence electrons. The number of nitrogens with one attached hydrogen (secondary N) is 1. The lowest BCUT2D eigenvalue weighted by Gasteiger charge is -2.35. The van der Waals surface area contributed by atoms with Crippen LogP contribution in [0, 0.1) is 0 Å². The van der Waals surface area contributed by atoms with Crippen molar-refractivity contribution in [1.29, 1.82) is 0 Å². The van der Waals surface area contributed by atoms with Gasteiger partial charge in [0.25, 0.3) is 5.91 Å². The van der Waals surface area contributed by atoms with Crippen LogP contribution in [-0.4, -0.2) is 54.0 Å². The minimum absolute atomic E-state index is 0.110. The first-order chi connectivity index (χ1) is 19.8. The Labute approximate surface area is 261 Å². The molecule has 3 aromatic rings. The summed E-state index contributed by atoms with van der Waals surface area (Å²) in [6.07, 6.45) is 0.0583. The van der Waals surface area contributed by atoms with Crippen LogP contribution < -0.4 is 14.8 Å². The summed E-state index contributed by atoms with van der Waals surface area (Å²) >= 11 is 24.6. The van der Waals surface area contributed by atoms with E-state index in [2.05, 4.69) is 10.3 Å². The molecule has 2 aromatic carbocycles. The van der Waals surface area contributed by atoms with Crippen molar-refractivity contribution in [2.45, 2.75) is 38.5 Å². The third kappa shape index (κ3) is 7.56. The molecule has 0 aliphatic heterocycles. The van der Waals surface area contributed by atoms with Crippen LogP contribution in [0.3, 0.4) is 0 Å². The molecule has 1 heterocycles. The molecule has 14 heteroatoms. The summed E-state index contributed by atoms with van der Waals surface area (Å²) in [5.41, 5.74) is -1.70. The van der Waals surface area contributed by atoms with Crippen LogP contribution in [0.25, 0.3) is 0 Å². The van der Waals surface area contributed by atoms with Gasteiger partial charge in [-0.2, -0.15) is 0 Å². The molecule has 1 aromatic heterocycles. The first-order valence-electron chi connectivity index (χ1n) is 12.2. The van der Waals surface area contributed by atoms with Gasteiger partial charge in [0.1, 0.15) is 12.1 Å². The van der Waals surface area contributed by atoms with Gasteiger partial charge in [-0.15, -0.1) is 0 Å².